The van der Waals surface area contributed by atoms with Gasteiger partial charge in [0.05, 0.1) is 6.10 Å². The van der Waals surface area contributed by atoms with Gasteiger partial charge in [-0.1, -0.05) is 35.9 Å². The quantitative estimate of drug-likeness (QED) is 0.299. The summed E-state index contributed by atoms with van der Waals surface area (Å²) >= 11 is 5.91. The van der Waals surface area contributed by atoms with Gasteiger partial charge in [-0.05, 0) is 48.4 Å². The molecule has 2 aromatic carbocycles. The monoisotopic (exact) mass is 373 g/mol. The number of hydrogen-bond acceptors (Lipinski definition) is 5. The van der Waals surface area contributed by atoms with Gasteiger partial charge in [0.1, 0.15) is 0 Å². The molecule has 0 saturated carbocycles. The molecule has 0 aliphatic carbocycles. The van der Waals surface area contributed by atoms with Crippen LogP contribution in [0, 0.1) is 0 Å². The Bertz CT molecular complexity index is 672. The molecule has 0 saturated heterocycles. The summed E-state index contributed by atoms with van der Waals surface area (Å²) in [6.45, 7) is 2.45. The van der Waals surface area contributed by atoms with Crippen molar-refractivity contribution >= 4 is 17.6 Å². The van der Waals surface area contributed by atoms with Crippen LogP contribution in [0.5, 0.6) is 5.75 Å². The normalized spacial score (nSPS) is 11.3. The van der Waals surface area contributed by atoms with Gasteiger partial charge in [0.15, 0.2) is 5.75 Å². The van der Waals surface area contributed by atoms with Crippen molar-refractivity contribution in [3.05, 3.63) is 64.7 Å². The number of nitrogens with one attached hydrogen (secondary N) is 1. The van der Waals surface area contributed by atoms with Crippen molar-refractivity contribution in [3.8, 4) is 5.75 Å². The van der Waals surface area contributed by atoms with Crippen molar-refractivity contribution in [1.29, 1.82) is 0 Å². The average Bonchev–Trinajstić information content (AvgIpc) is 2.57. The van der Waals surface area contributed by atoms with Gasteiger partial charge < -0.3 is 11.8 Å². The van der Waals surface area contributed by atoms with Crippen LogP contribution >= 0.6 is 11.6 Å². The van der Waals surface area contributed by atoms with Crippen molar-refractivity contribution in [2.75, 3.05) is 13.1 Å². The molecule has 0 fully saturated rings. The summed E-state index contributed by atoms with van der Waals surface area (Å²) in [5, 5.41) is 13.9. The van der Waals surface area contributed by atoms with Gasteiger partial charge in [0, 0.05) is 18.5 Å². The van der Waals surface area contributed by atoms with E-state index in [9.17, 15) is 9.90 Å². The number of carbonyl (C=O) groups excluding carboxylic acids is 1. The number of benzene rings is 2. The van der Waals surface area contributed by atoms with Gasteiger partial charge in [0.25, 0.3) is 0 Å². The van der Waals surface area contributed by atoms with E-state index in [-0.39, 0.29) is 31.0 Å². The average molecular weight is 374 g/mol. The van der Waals surface area contributed by atoms with Crippen LogP contribution in [0.2, 0.25) is 5.02 Å². The van der Waals surface area contributed by atoms with Crippen molar-refractivity contribution in [3.63, 3.8) is 0 Å². The van der Waals surface area contributed by atoms with Crippen LogP contribution < -0.4 is 39.8 Å². The van der Waals surface area contributed by atoms with Crippen LogP contribution in [-0.4, -0.2) is 24.2 Å². The van der Waals surface area contributed by atoms with E-state index in [0.717, 1.165) is 24.1 Å². The Balaban J connectivity index is 0.00000312. The van der Waals surface area contributed by atoms with Gasteiger partial charge in [-0.3, -0.25) is 9.78 Å². The van der Waals surface area contributed by atoms with E-state index >= 15 is 0 Å². The Labute approximate surface area is 176 Å². The zero-order chi connectivity index (χ0) is 17.4. The van der Waals surface area contributed by atoms with Crippen molar-refractivity contribution in [1.82, 2.24) is 5.32 Å². The summed E-state index contributed by atoms with van der Waals surface area (Å²) in [7, 11) is 0. The number of halogens is 1. The largest absolute Gasteiger partial charge is 1.00 e. The Morgan fingerprint density at radius 3 is 2.64 bits per heavy atom. The summed E-state index contributed by atoms with van der Waals surface area (Å²) in [6.07, 6.45) is 0.207. The molecule has 1 unspecified atom stereocenters. The van der Waals surface area contributed by atoms with Crippen molar-refractivity contribution in [2.45, 2.75) is 19.4 Å². The first-order valence-corrected chi connectivity index (χ1v) is 8.00. The molecule has 0 heterocycles. The zero-order valence-corrected chi connectivity index (χ0v) is 17.1. The van der Waals surface area contributed by atoms with E-state index in [4.69, 9.17) is 16.5 Å². The standard InChI is InChI=1S/C18H20ClNO4.Na.H/c1-13(21)23-24-17-7-5-14(6-8-17)9-10-20-12-18(22)15-3-2-4-16(19)11-15;;/h2-8,11,18,20,22H,9-10,12H2,1H3;;/q;+1;-1. The van der Waals surface area contributed by atoms with Crippen LogP contribution in [0.4, 0.5) is 0 Å². The fourth-order valence-electron chi connectivity index (χ4n) is 2.12. The van der Waals surface area contributed by atoms with E-state index in [1.54, 1.807) is 24.3 Å². The van der Waals surface area contributed by atoms with E-state index in [1.807, 2.05) is 24.3 Å². The zero-order valence-electron chi connectivity index (χ0n) is 15.4. The molecule has 0 spiro atoms. The first-order chi connectivity index (χ1) is 11.5. The van der Waals surface area contributed by atoms with Crippen LogP contribution in [0.25, 0.3) is 0 Å². The van der Waals surface area contributed by atoms with Gasteiger partial charge in [0.2, 0.25) is 0 Å². The van der Waals surface area contributed by atoms with Crippen LogP contribution in [0.3, 0.4) is 0 Å². The summed E-state index contributed by atoms with van der Waals surface area (Å²) < 4.78 is 0. The number of aliphatic hydroxyl groups excluding tert-OH is 1. The van der Waals surface area contributed by atoms with Gasteiger partial charge in [-0.25, -0.2) is 4.79 Å². The van der Waals surface area contributed by atoms with Crippen LogP contribution in [0.15, 0.2) is 48.5 Å². The third kappa shape index (κ3) is 8.23. The Kier molecular flexibility index (Phi) is 10.1. The smallest absolute Gasteiger partial charge is 1.00 e. The third-order valence-corrected chi connectivity index (χ3v) is 3.58. The fraction of sp³-hybridized carbons (Fsp3) is 0.278. The van der Waals surface area contributed by atoms with Crippen molar-refractivity contribution in [2.24, 2.45) is 0 Å². The summed E-state index contributed by atoms with van der Waals surface area (Å²) in [6, 6.07) is 14.5. The first-order valence-electron chi connectivity index (χ1n) is 7.63. The molecule has 2 N–H and O–H groups in total. The first kappa shape index (κ1) is 22.0. The molecule has 5 nitrogen and oxygen atoms in total. The second-order valence-corrected chi connectivity index (χ2v) is 5.76. The number of rotatable bonds is 8. The fourth-order valence-corrected chi connectivity index (χ4v) is 2.32. The topological polar surface area (TPSA) is 67.8 Å². The minimum atomic E-state index is -0.594. The van der Waals surface area contributed by atoms with Crippen LogP contribution in [-0.2, 0) is 16.1 Å². The molecule has 0 bridgehead atoms. The van der Waals surface area contributed by atoms with Crippen LogP contribution in [0.1, 0.15) is 25.6 Å². The minimum absolute atomic E-state index is 0. The summed E-state index contributed by atoms with van der Waals surface area (Å²) in [5.41, 5.74) is 1.90. The molecule has 25 heavy (non-hydrogen) atoms. The molecule has 1 atom stereocenters. The van der Waals surface area contributed by atoms with E-state index in [2.05, 4.69) is 10.2 Å². The second-order valence-electron chi connectivity index (χ2n) is 5.33. The van der Waals surface area contributed by atoms with E-state index in [0.29, 0.717) is 17.3 Å². The van der Waals surface area contributed by atoms with Crippen molar-refractivity contribution < 1.29 is 50.7 Å². The Morgan fingerprint density at radius 2 is 2.00 bits per heavy atom. The minimum Gasteiger partial charge on any atom is -1.00 e. The maximum Gasteiger partial charge on any atom is 1.00 e. The SMILES string of the molecule is CC(=O)OOc1ccc(CCNCC(O)c2cccc(Cl)c2)cc1.[H-].[Na+]. The number of aliphatic hydroxyl groups is 1. The molecule has 0 aliphatic heterocycles. The number of carbonyl (C=O) groups is 1. The molecule has 2 aromatic rings. The van der Waals surface area contributed by atoms with Gasteiger partial charge in [-0.15, -0.1) is 0 Å². The molecule has 0 radical (unpaired) electrons. The van der Waals surface area contributed by atoms with E-state index < -0.39 is 12.1 Å². The molecular formula is C18H21ClNNaO4. The molecule has 2 rings (SSSR count). The maximum atomic E-state index is 10.7. The summed E-state index contributed by atoms with van der Waals surface area (Å²) in [5.74, 6) is -0.0279. The molecule has 7 heteroatoms. The third-order valence-electron chi connectivity index (χ3n) is 3.34. The molecule has 130 valence electrons. The predicted molar refractivity (Wildman–Crippen MR) is 92.9 cm³/mol. The predicted octanol–water partition coefficient (Wildman–Crippen LogP) is 0.179. The van der Waals surface area contributed by atoms with Gasteiger partial charge >= 0.3 is 35.5 Å². The number of hydrogen-bond donors (Lipinski definition) is 2. The Morgan fingerprint density at radius 1 is 1.28 bits per heavy atom. The second kappa shape index (κ2) is 11.5. The molecule has 0 aliphatic rings. The van der Waals surface area contributed by atoms with E-state index in [1.165, 1.54) is 6.92 Å². The summed E-state index contributed by atoms with van der Waals surface area (Å²) in [4.78, 5) is 19.9. The van der Waals surface area contributed by atoms with Gasteiger partial charge in [-0.2, -0.15) is 0 Å². The molecular weight excluding hydrogens is 353 g/mol. The maximum absolute atomic E-state index is 10.7. The molecule has 0 amide bonds. The Hall–Kier alpha value is -1.08. The molecule has 0 aromatic heterocycles.